The quantitative estimate of drug-likeness (QED) is 0.746. The van der Waals surface area contributed by atoms with Gasteiger partial charge in [-0.25, -0.2) is 13.2 Å². The molecule has 0 saturated carbocycles. The Morgan fingerprint density at radius 3 is 2.35 bits per heavy atom. The molecule has 1 heterocycles. The topological polar surface area (TPSA) is 60.4 Å². The zero-order chi connectivity index (χ0) is 12.5. The molecule has 2 rings (SSSR count). The van der Waals surface area contributed by atoms with Crippen LogP contribution in [0.15, 0.2) is 46.7 Å². The molecule has 0 aromatic heterocycles. The predicted octanol–water partition coefficient (Wildman–Crippen LogP) is 1.51. The molecule has 4 nitrogen and oxygen atoms in total. The second-order valence-corrected chi connectivity index (χ2v) is 5.16. The largest absolute Gasteiger partial charge is 0.465 e. The molecule has 0 saturated heterocycles. The Balaban J connectivity index is 2.55. The number of hydrogen-bond donors (Lipinski definition) is 0. The number of hydrogen-bond acceptors (Lipinski definition) is 4. The molecule has 17 heavy (non-hydrogen) atoms. The van der Waals surface area contributed by atoms with Crippen LogP contribution in [0.25, 0.3) is 5.57 Å². The molecule has 1 aromatic carbocycles. The first-order valence-corrected chi connectivity index (χ1v) is 6.47. The van der Waals surface area contributed by atoms with Crippen molar-refractivity contribution in [2.45, 2.75) is 0 Å². The molecular weight excluding hydrogens is 240 g/mol. The van der Waals surface area contributed by atoms with Crippen molar-refractivity contribution in [3.63, 3.8) is 0 Å². The SMILES string of the molecule is COC(=O)C1=CS(=O)(=O)C=C1c1ccccc1. The van der Waals surface area contributed by atoms with Crippen molar-refractivity contribution in [2.75, 3.05) is 7.11 Å². The molecule has 0 fully saturated rings. The smallest absolute Gasteiger partial charge is 0.339 e. The van der Waals surface area contributed by atoms with Gasteiger partial charge in [0.2, 0.25) is 0 Å². The summed E-state index contributed by atoms with van der Waals surface area (Å²) in [7, 11) is -2.25. The van der Waals surface area contributed by atoms with E-state index in [2.05, 4.69) is 4.74 Å². The first kappa shape index (κ1) is 11.6. The van der Waals surface area contributed by atoms with Crippen LogP contribution in [0.2, 0.25) is 0 Å². The van der Waals surface area contributed by atoms with Gasteiger partial charge in [-0.2, -0.15) is 0 Å². The van der Waals surface area contributed by atoms with E-state index in [0.717, 1.165) is 10.8 Å². The van der Waals surface area contributed by atoms with Crippen molar-refractivity contribution in [2.24, 2.45) is 0 Å². The van der Waals surface area contributed by atoms with E-state index in [9.17, 15) is 13.2 Å². The van der Waals surface area contributed by atoms with Gasteiger partial charge in [-0.1, -0.05) is 30.3 Å². The van der Waals surface area contributed by atoms with Crippen LogP contribution >= 0.6 is 0 Å². The number of sulfone groups is 1. The zero-order valence-corrected chi connectivity index (χ0v) is 9.90. The van der Waals surface area contributed by atoms with E-state index in [1.165, 1.54) is 7.11 Å². The van der Waals surface area contributed by atoms with Crippen molar-refractivity contribution in [1.29, 1.82) is 0 Å². The van der Waals surface area contributed by atoms with Gasteiger partial charge in [-0.05, 0) is 5.56 Å². The average molecular weight is 250 g/mol. The number of carbonyl (C=O) groups excluding carboxylic acids is 1. The van der Waals surface area contributed by atoms with E-state index < -0.39 is 15.8 Å². The molecule has 5 heteroatoms. The Morgan fingerprint density at radius 1 is 1.12 bits per heavy atom. The van der Waals surface area contributed by atoms with Gasteiger partial charge in [-0.15, -0.1) is 0 Å². The lowest BCUT2D eigenvalue weighted by Crippen LogP contribution is -2.05. The van der Waals surface area contributed by atoms with Gasteiger partial charge in [0.25, 0.3) is 0 Å². The summed E-state index contributed by atoms with van der Waals surface area (Å²) in [5, 5.41) is 2.01. The zero-order valence-electron chi connectivity index (χ0n) is 9.08. The number of ether oxygens (including phenoxy) is 1. The minimum atomic E-state index is -3.47. The number of methoxy groups -OCH3 is 1. The number of rotatable bonds is 2. The highest BCUT2D eigenvalue weighted by molar-refractivity contribution is 7.97. The minimum Gasteiger partial charge on any atom is -0.465 e. The summed E-state index contributed by atoms with van der Waals surface area (Å²) in [6.45, 7) is 0. The van der Waals surface area contributed by atoms with E-state index in [0.29, 0.717) is 11.1 Å². The van der Waals surface area contributed by atoms with Gasteiger partial charge in [-0.3, -0.25) is 0 Å². The molecule has 0 amide bonds. The molecule has 1 aromatic rings. The van der Waals surface area contributed by atoms with E-state index in [1.807, 2.05) is 6.07 Å². The number of benzene rings is 1. The second-order valence-electron chi connectivity index (χ2n) is 3.51. The van der Waals surface area contributed by atoms with Gasteiger partial charge in [0.15, 0.2) is 9.84 Å². The van der Waals surface area contributed by atoms with E-state index in [4.69, 9.17) is 0 Å². The lowest BCUT2D eigenvalue weighted by atomic mass is 10.0. The molecule has 88 valence electrons. The molecule has 0 bridgehead atoms. The fraction of sp³-hybridized carbons (Fsp3) is 0.0833. The van der Waals surface area contributed by atoms with Crippen molar-refractivity contribution in [3.05, 3.63) is 52.3 Å². The van der Waals surface area contributed by atoms with Crippen LogP contribution in [0, 0.1) is 0 Å². The first-order valence-electron chi connectivity index (χ1n) is 4.86. The van der Waals surface area contributed by atoms with E-state index in [1.54, 1.807) is 24.3 Å². The summed E-state index contributed by atoms with van der Waals surface area (Å²) < 4.78 is 27.5. The molecule has 1 aliphatic rings. The third-order valence-corrected chi connectivity index (χ3v) is 3.47. The van der Waals surface area contributed by atoms with Crippen molar-refractivity contribution in [1.82, 2.24) is 0 Å². The summed E-state index contributed by atoms with van der Waals surface area (Å²) in [6.07, 6.45) is 0. The average Bonchev–Trinajstić information content (AvgIpc) is 2.65. The predicted molar refractivity (Wildman–Crippen MR) is 63.4 cm³/mol. The fourth-order valence-corrected chi connectivity index (χ4v) is 2.81. The lowest BCUT2D eigenvalue weighted by Gasteiger charge is -2.05. The summed E-state index contributed by atoms with van der Waals surface area (Å²) in [5.74, 6) is -0.652. The standard InChI is InChI=1S/C12H10O4S/c1-16-12(13)11-8-17(14,15)7-10(11)9-5-3-2-4-6-9/h2-8H,1H3. The second kappa shape index (κ2) is 4.18. The number of carbonyl (C=O) groups is 1. The van der Waals surface area contributed by atoms with Gasteiger partial charge in [0.1, 0.15) is 0 Å². The summed E-state index contributed by atoms with van der Waals surface area (Å²) in [4.78, 5) is 11.5. The maximum atomic E-state index is 11.5. The van der Waals surface area contributed by atoms with Crippen LogP contribution in [0.4, 0.5) is 0 Å². The molecule has 0 radical (unpaired) electrons. The Kier molecular flexibility index (Phi) is 2.85. The Morgan fingerprint density at radius 2 is 1.76 bits per heavy atom. The molecule has 0 N–H and O–H groups in total. The van der Waals surface area contributed by atoms with Crippen LogP contribution in [-0.4, -0.2) is 21.5 Å². The van der Waals surface area contributed by atoms with Gasteiger partial charge >= 0.3 is 5.97 Å². The van der Waals surface area contributed by atoms with Crippen LogP contribution in [0.5, 0.6) is 0 Å². The highest BCUT2D eigenvalue weighted by Crippen LogP contribution is 2.31. The van der Waals surface area contributed by atoms with Crippen molar-refractivity contribution >= 4 is 21.4 Å². The molecule has 0 unspecified atom stereocenters. The van der Waals surface area contributed by atoms with Crippen molar-refractivity contribution in [3.8, 4) is 0 Å². The third-order valence-electron chi connectivity index (χ3n) is 2.34. The summed E-state index contributed by atoms with van der Waals surface area (Å²) >= 11 is 0. The Labute approximate surface area is 99.1 Å². The van der Waals surface area contributed by atoms with Crippen molar-refractivity contribution < 1.29 is 17.9 Å². The molecule has 0 spiro atoms. The van der Waals surface area contributed by atoms with Crippen LogP contribution in [-0.2, 0) is 19.4 Å². The molecule has 0 atom stereocenters. The summed E-state index contributed by atoms with van der Waals surface area (Å²) in [5.41, 5.74) is 1.11. The van der Waals surface area contributed by atoms with Crippen LogP contribution in [0.1, 0.15) is 5.56 Å². The maximum absolute atomic E-state index is 11.5. The third kappa shape index (κ3) is 2.29. The van der Waals surface area contributed by atoms with Crippen LogP contribution < -0.4 is 0 Å². The first-order chi connectivity index (χ1) is 8.03. The highest BCUT2D eigenvalue weighted by Gasteiger charge is 2.26. The van der Waals surface area contributed by atoms with Gasteiger partial charge < -0.3 is 4.74 Å². The number of esters is 1. The minimum absolute atomic E-state index is 0.0682. The monoisotopic (exact) mass is 250 g/mol. The van der Waals surface area contributed by atoms with Gasteiger partial charge in [0, 0.05) is 11.0 Å². The summed E-state index contributed by atoms with van der Waals surface area (Å²) in [6, 6.07) is 8.84. The molecule has 1 aliphatic heterocycles. The maximum Gasteiger partial charge on any atom is 0.339 e. The lowest BCUT2D eigenvalue weighted by molar-refractivity contribution is -0.135. The van der Waals surface area contributed by atoms with Gasteiger partial charge in [0.05, 0.1) is 18.1 Å². The highest BCUT2D eigenvalue weighted by atomic mass is 32.2. The normalized spacial score (nSPS) is 17.2. The Bertz CT molecular complexity index is 609. The van der Waals surface area contributed by atoms with E-state index in [-0.39, 0.29) is 5.57 Å². The Hall–Kier alpha value is -1.88. The molecular formula is C12H10O4S. The molecule has 0 aliphatic carbocycles. The fourth-order valence-electron chi connectivity index (χ4n) is 1.60. The van der Waals surface area contributed by atoms with Crippen LogP contribution in [0.3, 0.4) is 0 Å². The van der Waals surface area contributed by atoms with E-state index >= 15 is 0 Å².